The zero-order valence-corrected chi connectivity index (χ0v) is 9.67. The number of halogens is 2. The maximum Gasteiger partial charge on any atom is 0.131 e. The molecule has 0 spiro atoms. The van der Waals surface area contributed by atoms with E-state index in [0.29, 0.717) is 17.9 Å². The highest BCUT2D eigenvalue weighted by Gasteiger charge is 2.20. The molecule has 1 aromatic carbocycles. The molecule has 0 amide bonds. The lowest BCUT2D eigenvalue weighted by Gasteiger charge is -2.21. The van der Waals surface area contributed by atoms with Gasteiger partial charge >= 0.3 is 0 Å². The van der Waals surface area contributed by atoms with E-state index in [4.69, 9.17) is 10.5 Å². The summed E-state index contributed by atoms with van der Waals surface area (Å²) < 4.78 is 32.2. The van der Waals surface area contributed by atoms with E-state index >= 15 is 0 Å². The zero-order valence-electron chi connectivity index (χ0n) is 9.67. The van der Waals surface area contributed by atoms with Gasteiger partial charge in [-0.3, -0.25) is 0 Å². The largest absolute Gasteiger partial charge is 0.496 e. The minimum Gasteiger partial charge on any atom is -0.496 e. The SMILES string of the molecule is Cc1cc(C(N)C2=CCCCO2)c(F)cc1F. The monoisotopic (exact) mass is 239 g/mol. The van der Waals surface area contributed by atoms with Gasteiger partial charge < -0.3 is 10.5 Å². The highest BCUT2D eigenvalue weighted by Crippen LogP contribution is 2.27. The van der Waals surface area contributed by atoms with Crippen molar-refractivity contribution in [2.75, 3.05) is 6.61 Å². The second kappa shape index (κ2) is 4.84. The normalized spacial score (nSPS) is 17.3. The van der Waals surface area contributed by atoms with Crippen LogP contribution in [0.2, 0.25) is 0 Å². The van der Waals surface area contributed by atoms with Gasteiger partial charge in [-0.1, -0.05) is 0 Å². The smallest absolute Gasteiger partial charge is 0.131 e. The van der Waals surface area contributed by atoms with Gasteiger partial charge in [0.25, 0.3) is 0 Å². The second-order valence-electron chi connectivity index (χ2n) is 4.20. The predicted molar refractivity (Wildman–Crippen MR) is 61.3 cm³/mol. The molecule has 0 fully saturated rings. The van der Waals surface area contributed by atoms with Crippen LogP contribution in [0.15, 0.2) is 24.0 Å². The summed E-state index contributed by atoms with van der Waals surface area (Å²) in [5.74, 6) is -0.617. The van der Waals surface area contributed by atoms with E-state index in [2.05, 4.69) is 0 Å². The van der Waals surface area contributed by atoms with Crippen LogP contribution >= 0.6 is 0 Å². The molecule has 0 aromatic heterocycles. The van der Waals surface area contributed by atoms with E-state index in [9.17, 15) is 8.78 Å². The molecule has 4 heteroatoms. The number of hydrogen-bond donors (Lipinski definition) is 1. The molecule has 1 atom stereocenters. The van der Waals surface area contributed by atoms with Gasteiger partial charge in [-0.2, -0.15) is 0 Å². The fourth-order valence-electron chi connectivity index (χ4n) is 1.86. The fraction of sp³-hybridized carbons (Fsp3) is 0.385. The third kappa shape index (κ3) is 2.47. The lowest BCUT2D eigenvalue weighted by Crippen LogP contribution is -2.19. The van der Waals surface area contributed by atoms with Crippen LogP contribution in [0.25, 0.3) is 0 Å². The van der Waals surface area contributed by atoms with Gasteiger partial charge in [-0.05, 0) is 37.5 Å². The van der Waals surface area contributed by atoms with Crippen LogP contribution in [-0.4, -0.2) is 6.61 Å². The van der Waals surface area contributed by atoms with Crippen LogP contribution < -0.4 is 5.73 Å². The number of aryl methyl sites for hydroxylation is 1. The van der Waals surface area contributed by atoms with Gasteiger partial charge in [0.15, 0.2) is 0 Å². The van der Waals surface area contributed by atoms with Crippen LogP contribution in [0.5, 0.6) is 0 Å². The Morgan fingerprint density at radius 1 is 1.29 bits per heavy atom. The average molecular weight is 239 g/mol. The summed E-state index contributed by atoms with van der Waals surface area (Å²) in [4.78, 5) is 0. The van der Waals surface area contributed by atoms with Crippen molar-refractivity contribution >= 4 is 0 Å². The van der Waals surface area contributed by atoms with Gasteiger partial charge in [-0.15, -0.1) is 0 Å². The predicted octanol–water partition coefficient (Wildman–Crippen LogP) is 2.97. The quantitative estimate of drug-likeness (QED) is 0.861. The lowest BCUT2D eigenvalue weighted by atomic mass is 10.0. The molecule has 0 bridgehead atoms. The molecule has 0 radical (unpaired) electrons. The standard InChI is InChI=1S/C13H15F2NO/c1-8-6-9(11(15)7-10(8)14)13(16)12-4-2-3-5-17-12/h4,6-7,13H,2-3,5,16H2,1H3. The van der Waals surface area contributed by atoms with Gasteiger partial charge in [0.05, 0.1) is 12.6 Å². The molecular weight excluding hydrogens is 224 g/mol. The summed E-state index contributed by atoms with van der Waals surface area (Å²) in [5.41, 5.74) is 6.59. The van der Waals surface area contributed by atoms with Crippen LogP contribution in [0.1, 0.15) is 30.0 Å². The molecule has 17 heavy (non-hydrogen) atoms. The first-order valence-electron chi connectivity index (χ1n) is 5.63. The molecule has 2 N–H and O–H groups in total. The van der Waals surface area contributed by atoms with E-state index < -0.39 is 17.7 Å². The summed E-state index contributed by atoms with van der Waals surface area (Å²) >= 11 is 0. The maximum atomic E-state index is 13.6. The highest BCUT2D eigenvalue weighted by molar-refractivity contribution is 5.32. The molecule has 1 aliphatic rings. The first kappa shape index (κ1) is 12.0. The van der Waals surface area contributed by atoms with Crippen molar-refractivity contribution < 1.29 is 13.5 Å². The third-order valence-corrected chi connectivity index (χ3v) is 2.88. The van der Waals surface area contributed by atoms with Gasteiger partial charge in [-0.25, -0.2) is 8.78 Å². The van der Waals surface area contributed by atoms with E-state index in [-0.39, 0.29) is 5.56 Å². The third-order valence-electron chi connectivity index (χ3n) is 2.88. The Morgan fingerprint density at radius 2 is 2.06 bits per heavy atom. The average Bonchev–Trinajstić information content (AvgIpc) is 2.34. The van der Waals surface area contributed by atoms with E-state index in [0.717, 1.165) is 18.9 Å². The Kier molecular flexibility index (Phi) is 3.43. The summed E-state index contributed by atoms with van der Waals surface area (Å²) in [7, 11) is 0. The van der Waals surface area contributed by atoms with Gasteiger partial charge in [0, 0.05) is 11.6 Å². The number of allylic oxidation sites excluding steroid dienone is 1. The van der Waals surface area contributed by atoms with E-state index in [1.165, 1.54) is 6.07 Å². The van der Waals surface area contributed by atoms with Crippen LogP contribution in [0, 0.1) is 18.6 Å². The maximum absolute atomic E-state index is 13.6. The summed E-state index contributed by atoms with van der Waals surface area (Å²) in [6.07, 6.45) is 3.69. The van der Waals surface area contributed by atoms with E-state index in [1.807, 2.05) is 6.08 Å². The topological polar surface area (TPSA) is 35.2 Å². The minimum absolute atomic E-state index is 0.275. The Bertz CT molecular complexity index is 457. The van der Waals surface area contributed by atoms with Crippen LogP contribution in [-0.2, 0) is 4.74 Å². The zero-order chi connectivity index (χ0) is 12.4. The number of nitrogens with two attached hydrogens (primary N) is 1. The van der Waals surface area contributed by atoms with Crippen molar-refractivity contribution in [3.63, 3.8) is 0 Å². The van der Waals surface area contributed by atoms with Crippen molar-refractivity contribution in [3.8, 4) is 0 Å². The van der Waals surface area contributed by atoms with Crippen molar-refractivity contribution in [3.05, 3.63) is 46.7 Å². The molecule has 1 unspecified atom stereocenters. The van der Waals surface area contributed by atoms with Gasteiger partial charge in [0.1, 0.15) is 17.4 Å². The Labute approximate surface area is 99.1 Å². The lowest BCUT2D eigenvalue weighted by molar-refractivity contribution is 0.175. The van der Waals surface area contributed by atoms with Gasteiger partial charge in [0.2, 0.25) is 0 Å². The first-order chi connectivity index (χ1) is 8.09. The van der Waals surface area contributed by atoms with Crippen LogP contribution in [0.4, 0.5) is 8.78 Å². The molecule has 0 saturated carbocycles. The molecule has 1 heterocycles. The Morgan fingerprint density at radius 3 is 2.71 bits per heavy atom. The molecule has 0 saturated heterocycles. The summed E-state index contributed by atoms with van der Waals surface area (Å²) in [6.45, 7) is 2.18. The Hall–Kier alpha value is -1.42. The van der Waals surface area contributed by atoms with Crippen LogP contribution in [0.3, 0.4) is 0 Å². The number of benzene rings is 1. The van der Waals surface area contributed by atoms with Crippen molar-refractivity contribution in [2.24, 2.45) is 5.73 Å². The molecule has 1 aliphatic heterocycles. The first-order valence-corrected chi connectivity index (χ1v) is 5.63. The number of hydrogen-bond acceptors (Lipinski definition) is 2. The number of rotatable bonds is 2. The van der Waals surface area contributed by atoms with Crippen molar-refractivity contribution in [1.82, 2.24) is 0 Å². The van der Waals surface area contributed by atoms with Crippen molar-refractivity contribution in [1.29, 1.82) is 0 Å². The summed E-state index contributed by atoms with van der Waals surface area (Å²) in [6, 6.07) is 1.65. The molecule has 2 rings (SSSR count). The minimum atomic E-state index is -0.658. The molecule has 2 nitrogen and oxygen atoms in total. The molecule has 92 valence electrons. The molecular formula is C13H15F2NO. The number of ether oxygens (including phenoxy) is 1. The van der Waals surface area contributed by atoms with Crippen molar-refractivity contribution in [2.45, 2.75) is 25.8 Å². The Balaban J connectivity index is 2.33. The molecule has 1 aromatic rings. The second-order valence-corrected chi connectivity index (χ2v) is 4.20. The van der Waals surface area contributed by atoms with E-state index in [1.54, 1.807) is 6.92 Å². The highest BCUT2D eigenvalue weighted by atomic mass is 19.1. The fourth-order valence-corrected chi connectivity index (χ4v) is 1.86. The summed E-state index contributed by atoms with van der Waals surface area (Å²) in [5, 5.41) is 0. The molecule has 0 aliphatic carbocycles.